The van der Waals surface area contributed by atoms with Crippen molar-refractivity contribution in [2.45, 2.75) is 80.1 Å². The topological polar surface area (TPSA) is 153 Å². The Bertz CT molecular complexity index is 1890. The van der Waals surface area contributed by atoms with Gasteiger partial charge in [0.1, 0.15) is 12.1 Å². The van der Waals surface area contributed by atoms with Crippen molar-refractivity contribution in [1.29, 1.82) is 0 Å². The van der Waals surface area contributed by atoms with Crippen molar-refractivity contribution < 1.29 is 41.7 Å². The van der Waals surface area contributed by atoms with Crippen LogP contribution in [-0.2, 0) is 35.8 Å². The molecule has 246 valence electrons. The number of benzene rings is 2. The quantitative estimate of drug-likeness (QED) is 0.213. The van der Waals surface area contributed by atoms with Crippen LogP contribution in [0, 0.1) is 0 Å². The van der Waals surface area contributed by atoms with Crippen LogP contribution in [0.25, 0.3) is 10.1 Å². The van der Waals surface area contributed by atoms with Crippen LogP contribution in [0.4, 0.5) is 14.5 Å². The van der Waals surface area contributed by atoms with Gasteiger partial charge >= 0.3 is 13.3 Å². The number of fused-ring (bicyclic) bond motifs is 3. The standard InChI is InChI=1S/C31H34F2N3O7PS2/c1-46(43)14-4-5-18-16-21(9-13-27(18)46)34-28(37)24-11-10-22-6-2-3-7-23(30(39)36(22)24)35-29(38)26-17-19-15-20(8-12-25(19)45-26)31(32,33)44(40,41)42/h8-9,12-13,15-17,22-24H,1-7,10-11,14H2,(H,34,37)(H,35,38)(H2,40,41,42)/t22-,23-,24-,46?/m0/s1. The smallest absolute Gasteiger partial charge is 0.340 e. The SMILES string of the molecule is C=S1(=O)CCCc2cc(NC(=O)[C@@H]3CC[C@@H]4CCCC[C@H](NC(=O)c5cc6cc(C(F)(F)P(=O)(O)O)ccc6s5)C(=O)N43)ccc21. The fourth-order valence-corrected chi connectivity index (χ4v) is 9.92. The molecular formula is C31H34F2N3O7PS2. The zero-order valence-corrected chi connectivity index (χ0v) is 27.3. The van der Waals surface area contributed by atoms with Crippen LogP contribution < -0.4 is 10.6 Å². The van der Waals surface area contributed by atoms with Gasteiger partial charge in [-0.05, 0) is 101 Å². The maximum absolute atomic E-state index is 14.3. The van der Waals surface area contributed by atoms with Gasteiger partial charge < -0.3 is 25.3 Å². The summed E-state index contributed by atoms with van der Waals surface area (Å²) in [6.45, 7) is 0. The first-order valence-corrected chi connectivity index (χ1v) is 19.4. The average molecular weight is 694 g/mol. The van der Waals surface area contributed by atoms with Crippen LogP contribution in [0.15, 0.2) is 47.4 Å². The molecule has 0 saturated carbocycles. The van der Waals surface area contributed by atoms with Gasteiger partial charge in [-0.1, -0.05) is 18.9 Å². The highest BCUT2D eigenvalue weighted by atomic mass is 32.2. The lowest BCUT2D eigenvalue weighted by molar-refractivity contribution is -0.141. The molecule has 3 amide bonds. The Morgan fingerprint density at radius 3 is 2.57 bits per heavy atom. The van der Waals surface area contributed by atoms with Gasteiger partial charge in [-0.3, -0.25) is 23.2 Å². The first-order valence-electron chi connectivity index (χ1n) is 15.0. The van der Waals surface area contributed by atoms with E-state index in [4.69, 9.17) is 9.79 Å². The highest BCUT2D eigenvalue weighted by Crippen LogP contribution is 2.59. The molecule has 0 aliphatic carbocycles. The van der Waals surface area contributed by atoms with Crippen molar-refractivity contribution in [3.63, 3.8) is 0 Å². The number of carbonyl (C=O) groups is 3. The molecule has 3 aliphatic heterocycles. The minimum atomic E-state index is -5.76. The Hall–Kier alpha value is -3.16. The summed E-state index contributed by atoms with van der Waals surface area (Å²) in [7, 11) is -8.11. The van der Waals surface area contributed by atoms with Crippen molar-refractivity contribution in [1.82, 2.24) is 10.2 Å². The van der Waals surface area contributed by atoms with E-state index in [2.05, 4.69) is 16.5 Å². The van der Waals surface area contributed by atoms with E-state index >= 15 is 0 Å². The predicted octanol–water partition coefficient (Wildman–Crippen LogP) is 4.82. The third kappa shape index (κ3) is 6.13. The molecule has 2 saturated heterocycles. The number of aryl methyl sites for hydroxylation is 1. The monoisotopic (exact) mass is 693 g/mol. The largest absolute Gasteiger partial charge is 0.399 e. The van der Waals surface area contributed by atoms with Crippen molar-refractivity contribution in [3.8, 4) is 0 Å². The molecule has 0 bridgehead atoms. The summed E-state index contributed by atoms with van der Waals surface area (Å²) in [5.41, 5.74) is -3.80. The molecular weight excluding hydrogens is 659 g/mol. The van der Waals surface area contributed by atoms with Crippen LogP contribution in [0.5, 0.6) is 0 Å². The fraction of sp³-hybridized carbons (Fsp3) is 0.419. The summed E-state index contributed by atoms with van der Waals surface area (Å²) in [4.78, 5) is 61.5. The van der Waals surface area contributed by atoms with Gasteiger partial charge in [-0.15, -0.1) is 11.3 Å². The number of thiophene rings is 1. The molecule has 4 heterocycles. The third-order valence-corrected chi connectivity index (χ3v) is 13.3. The van der Waals surface area contributed by atoms with E-state index in [1.165, 1.54) is 12.1 Å². The molecule has 3 aliphatic rings. The lowest BCUT2D eigenvalue weighted by atomic mass is 9.99. The second kappa shape index (κ2) is 12.1. The molecule has 2 aromatic carbocycles. The Balaban J connectivity index is 1.19. The number of anilines is 1. The Kier molecular flexibility index (Phi) is 8.64. The maximum atomic E-state index is 14.3. The van der Waals surface area contributed by atoms with Gasteiger partial charge in [0.15, 0.2) is 0 Å². The number of nitrogens with one attached hydrogen (secondary N) is 2. The third-order valence-electron chi connectivity index (χ3n) is 9.05. The highest BCUT2D eigenvalue weighted by Gasteiger charge is 2.50. The average Bonchev–Trinajstić information content (AvgIpc) is 3.60. The summed E-state index contributed by atoms with van der Waals surface area (Å²) in [5.74, 6) is 3.14. The number of carbonyl (C=O) groups excluding carboxylic acids is 3. The summed E-state index contributed by atoms with van der Waals surface area (Å²) < 4.78 is 53.1. The van der Waals surface area contributed by atoms with Crippen molar-refractivity contribution >= 4 is 67.8 Å². The maximum Gasteiger partial charge on any atom is 0.399 e. The van der Waals surface area contributed by atoms with Gasteiger partial charge in [0.25, 0.3) is 5.91 Å². The minimum Gasteiger partial charge on any atom is -0.340 e. The van der Waals surface area contributed by atoms with E-state index in [0.29, 0.717) is 46.7 Å². The molecule has 15 heteroatoms. The minimum absolute atomic E-state index is 0.146. The Morgan fingerprint density at radius 1 is 1.04 bits per heavy atom. The predicted molar refractivity (Wildman–Crippen MR) is 173 cm³/mol. The summed E-state index contributed by atoms with van der Waals surface area (Å²) in [5, 5.41) is 5.94. The zero-order valence-electron chi connectivity index (χ0n) is 24.7. The Labute approximate surface area is 268 Å². The molecule has 3 aromatic rings. The molecule has 4 N–H and O–H groups in total. The molecule has 0 spiro atoms. The molecule has 4 atom stereocenters. The molecule has 6 rings (SSSR count). The fourth-order valence-electron chi connectivity index (χ4n) is 6.71. The number of amides is 3. The number of hydrogen-bond acceptors (Lipinski definition) is 6. The van der Waals surface area contributed by atoms with Crippen LogP contribution in [0.3, 0.4) is 0 Å². The van der Waals surface area contributed by atoms with E-state index in [1.54, 1.807) is 17.0 Å². The number of hydrogen-bond donors (Lipinski definition) is 4. The van der Waals surface area contributed by atoms with Gasteiger partial charge in [-0.2, -0.15) is 8.78 Å². The normalized spacial score (nSPS) is 25.3. The summed E-state index contributed by atoms with van der Waals surface area (Å²) >= 11 is 1.00. The Morgan fingerprint density at radius 2 is 1.80 bits per heavy atom. The van der Waals surface area contributed by atoms with Crippen LogP contribution in [0.2, 0.25) is 0 Å². The van der Waals surface area contributed by atoms with E-state index in [1.807, 2.05) is 6.07 Å². The van der Waals surface area contributed by atoms with E-state index in [9.17, 15) is 31.9 Å². The second-order valence-corrected chi connectivity index (χ2v) is 17.4. The van der Waals surface area contributed by atoms with Gasteiger partial charge in [0.05, 0.1) is 4.88 Å². The first-order chi connectivity index (χ1) is 21.7. The lowest BCUT2D eigenvalue weighted by Crippen LogP contribution is -2.55. The van der Waals surface area contributed by atoms with Crippen molar-refractivity contribution in [2.24, 2.45) is 0 Å². The van der Waals surface area contributed by atoms with Crippen molar-refractivity contribution in [2.75, 3.05) is 11.1 Å². The molecule has 1 aromatic heterocycles. The lowest BCUT2D eigenvalue weighted by Gasteiger charge is -2.35. The number of alkyl halides is 2. The van der Waals surface area contributed by atoms with E-state index in [0.717, 1.165) is 54.7 Å². The van der Waals surface area contributed by atoms with Gasteiger partial charge in [0, 0.05) is 32.6 Å². The van der Waals surface area contributed by atoms with E-state index in [-0.39, 0.29) is 28.1 Å². The van der Waals surface area contributed by atoms with Crippen LogP contribution in [0.1, 0.15) is 65.7 Å². The number of nitrogens with zero attached hydrogens (tertiary/aromatic N) is 1. The first kappa shape index (κ1) is 32.8. The highest BCUT2D eigenvalue weighted by molar-refractivity contribution is 8.00. The molecule has 2 fully saturated rings. The van der Waals surface area contributed by atoms with Crippen LogP contribution >= 0.6 is 18.9 Å². The molecule has 46 heavy (non-hydrogen) atoms. The van der Waals surface area contributed by atoms with E-state index < -0.39 is 46.3 Å². The van der Waals surface area contributed by atoms with Gasteiger partial charge in [-0.25, -0.2) is 0 Å². The summed E-state index contributed by atoms with van der Waals surface area (Å²) in [6.07, 6.45) is 5.21. The molecule has 1 unspecified atom stereocenters. The summed E-state index contributed by atoms with van der Waals surface area (Å²) in [6, 6.07) is 7.97. The second-order valence-electron chi connectivity index (χ2n) is 12.2. The van der Waals surface area contributed by atoms with Crippen LogP contribution in [-0.4, -0.2) is 66.4 Å². The zero-order chi connectivity index (χ0) is 33.0. The number of rotatable bonds is 6. The number of halogens is 2. The van der Waals surface area contributed by atoms with Crippen molar-refractivity contribution in [3.05, 3.63) is 58.5 Å². The molecule has 10 nitrogen and oxygen atoms in total. The van der Waals surface area contributed by atoms with Gasteiger partial charge in [0.2, 0.25) is 11.8 Å². The molecule has 0 radical (unpaired) electrons.